The Hall–Kier alpha value is 0. The first kappa shape index (κ1) is 11.1. The molecule has 3 rings (SSSR count). The Balaban J connectivity index is 1.65. The molecule has 3 aliphatic rings. The Morgan fingerprint density at radius 1 is 0.562 bits per heavy atom. The normalized spacial score (nSPS) is 45.0. The smallest absolute Gasteiger partial charge is 0.0318 e. The summed E-state index contributed by atoms with van der Waals surface area (Å²) in [7, 11) is 0. The van der Waals surface area contributed by atoms with E-state index in [0.29, 0.717) is 0 Å². The van der Waals surface area contributed by atoms with Gasteiger partial charge in [-0.15, -0.1) is 0 Å². The van der Waals surface area contributed by atoms with Gasteiger partial charge in [0.05, 0.1) is 0 Å². The molecule has 0 amide bonds. The first-order valence-corrected chi connectivity index (χ1v) is 7.78. The Kier molecular flexibility index (Phi) is 3.54. The van der Waals surface area contributed by atoms with Crippen molar-refractivity contribution in [3.63, 3.8) is 0 Å². The average molecular weight is 219 g/mol. The zero-order valence-electron chi connectivity index (χ0n) is 10.7. The van der Waals surface area contributed by atoms with E-state index in [0.717, 1.165) is 23.7 Å². The van der Waals surface area contributed by atoms with E-state index in [2.05, 4.69) is 6.42 Å². The molecule has 0 bridgehead atoms. The van der Waals surface area contributed by atoms with Crippen molar-refractivity contribution in [2.45, 2.75) is 70.6 Å². The standard InChI is InChI=1S/C16H27/c1-2-4-8-14-12-16-10-6-5-9-15(16)11-13(14)7-3-1/h11,13-16H,1-10,12H2. The monoisotopic (exact) mass is 219 g/mol. The highest BCUT2D eigenvalue weighted by Gasteiger charge is 2.37. The van der Waals surface area contributed by atoms with E-state index >= 15 is 0 Å². The summed E-state index contributed by atoms with van der Waals surface area (Å²) in [4.78, 5) is 0. The summed E-state index contributed by atoms with van der Waals surface area (Å²) in [5.41, 5.74) is 0. The van der Waals surface area contributed by atoms with Crippen molar-refractivity contribution in [1.29, 1.82) is 0 Å². The zero-order chi connectivity index (χ0) is 10.8. The highest BCUT2D eigenvalue weighted by molar-refractivity contribution is 4.98. The third-order valence-corrected chi connectivity index (χ3v) is 5.54. The molecular formula is C16H27. The highest BCUT2D eigenvalue weighted by Crippen LogP contribution is 2.48. The molecule has 3 fully saturated rings. The highest BCUT2D eigenvalue weighted by atomic mass is 14.4. The predicted molar refractivity (Wildman–Crippen MR) is 69.0 cm³/mol. The van der Waals surface area contributed by atoms with Crippen LogP contribution < -0.4 is 0 Å². The van der Waals surface area contributed by atoms with E-state index in [4.69, 9.17) is 0 Å². The molecule has 0 aliphatic heterocycles. The topological polar surface area (TPSA) is 0 Å². The van der Waals surface area contributed by atoms with Crippen molar-refractivity contribution in [1.82, 2.24) is 0 Å². The van der Waals surface area contributed by atoms with Crippen molar-refractivity contribution in [2.75, 3.05) is 0 Å². The second kappa shape index (κ2) is 5.10. The van der Waals surface area contributed by atoms with Crippen LogP contribution in [0.15, 0.2) is 0 Å². The Bertz CT molecular complexity index is 196. The molecule has 0 aromatic rings. The van der Waals surface area contributed by atoms with Gasteiger partial charge in [-0.2, -0.15) is 0 Å². The summed E-state index contributed by atoms with van der Waals surface area (Å²) in [5.74, 6) is 4.21. The van der Waals surface area contributed by atoms with Crippen molar-refractivity contribution in [2.24, 2.45) is 23.7 Å². The van der Waals surface area contributed by atoms with E-state index in [-0.39, 0.29) is 0 Å². The molecular weight excluding hydrogens is 192 g/mol. The maximum absolute atomic E-state index is 2.82. The lowest BCUT2D eigenvalue weighted by Crippen LogP contribution is -2.34. The minimum Gasteiger partial charge on any atom is -0.0533 e. The number of rotatable bonds is 0. The van der Waals surface area contributed by atoms with Gasteiger partial charge in [0.15, 0.2) is 0 Å². The van der Waals surface area contributed by atoms with Crippen molar-refractivity contribution >= 4 is 0 Å². The van der Waals surface area contributed by atoms with Crippen molar-refractivity contribution in [3.05, 3.63) is 6.42 Å². The zero-order valence-corrected chi connectivity index (χ0v) is 10.7. The average Bonchev–Trinajstić information content (AvgIpc) is 2.29. The van der Waals surface area contributed by atoms with Crippen LogP contribution in [-0.4, -0.2) is 0 Å². The van der Waals surface area contributed by atoms with Crippen LogP contribution in [0.4, 0.5) is 0 Å². The molecule has 4 atom stereocenters. The summed E-state index contributed by atoms with van der Waals surface area (Å²) in [6.45, 7) is 0. The van der Waals surface area contributed by atoms with Crippen LogP contribution in [-0.2, 0) is 0 Å². The van der Waals surface area contributed by atoms with Gasteiger partial charge in [0.25, 0.3) is 0 Å². The van der Waals surface area contributed by atoms with Gasteiger partial charge in [0.1, 0.15) is 0 Å². The lowest BCUT2D eigenvalue weighted by molar-refractivity contribution is 0.114. The van der Waals surface area contributed by atoms with Gasteiger partial charge >= 0.3 is 0 Å². The minimum atomic E-state index is 1.01. The van der Waals surface area contributed by atoms with Gasteiger partial charge in [-0.05, 0) is 49.4 Å². The van der Waals surface area contributed by atoms with Gasteiger partial charge in [-0.3, -0.25) is 0 Å². The molecule has 91 valence electrons. The Morgan fingerprint density at radius 2 is 1.06 bits per heavy atom. The van der Waals surface area contributed by atoms with Crippen LogP contribution in [0, 0.1) is 30.1 Å². The van der Waals surface area contributed by atoms with E-state index in [9.17, 15) is 0 Å². The van der Waals surface area contributed by atoms with Crippen LogP contribution in [0.1, 0.15) is 70.6 Å². The second-order valence-corrected chi connectivity index (χ2v) is 6.55. The quantitative estimate of drug-likeness (QED) is 0.538. The third-order valence-electron chi connectivity index (χ3n) is 5.54. The van der Waals surface area contributed by atoms with Crippen LogP contribution in [0.5, 0.6) is 0 Å². The van der Waals surface area contributed by atoms with Crippen molar-refractivity contribution < 1.29 is 0 Å². The van der Waals surface area contributed by atoms with Gasteiger partial charge in [-0.1, -0.05) is 51.4 Å². The molecule has 4 unspecified atom stereocenters. The van der Waals surface area contributed by atoms with Crippen LogP contribution >= 0.6 is 0 Å². The van der Waals surface area contributed by atoms with E-state index in [1.54, 1.807) is 19.3 Å². The molecule has 16 heavy (non-hydrogen) atoms. The van der Waals surface area contributed by atoms with Crippen LogP contribution in [0.2, 0.25) is 0 Å². The largest absolute Gasteiger partial charge is 0.0533 e. The molecule has 3 saturated carbocycles. The molecule has 1 radical (unpaired) electrons. The number of fused-ring (bicyclic) bond motifs is 2. The van der Waals surface area contributed by atoms with E-state index in [1.165, 1.54) is 51.4 Å². The molecule has 0 aromatic heterocycles. The fraction of sp³-hybridized carbons (Fsp3) is 0.938. The SMILES string of the molecule is [CH]1C2CCCCCCC2CC2CCCCC12. The summed E-state index contributed by atoms with van der Waals surface area (Å²) >= 11 is 0. The summed E-state index contributed by atoms with van der Waals surface area (Å²) in [6.07, 6.45) is 19.6. The number of hydrogen-bond donors (Lipinski definition) is 0. The lowest BCUT2D eigenvalue weighted by Gasteiger charge is -2.44. The van der Waals surface area contributed by atoms with Gasteiger partial charge in [-0.25, -0.2) is 0 Å². The van der Waals surface area contributed by atoms with E-state index < -0.39 is 0 Å². The lowest BCUT2D eigenvalue weighted by atomic mass is 9.61. The van der Waals surface area contributed by atoms with Gasteiger partial charge < -0.3 is 0 Å². The first-order valence-electron chi connectivity index (χ1n) is 7.78. The first-order chi connectivity index (χ1) is 7.93. The molecule has 3 aliphatic carbocycles. The fourth-order valence-electron chi connectivity index (χ4n) is 4.62. The Morgan fingerprint density at radius 3 is 1.75 bits per heavy atom. The van der Waals surface area contributed by atoms with Gasteiger partial charge in [0.2, 0.25) is 0 Å². The number of hydrogen-bond acceptors (Lipinski definition) is 0. The summed E-state index contributed by atoms with van der Waals surface area (Å²) in [5, 5.41) is 0. The maximum Gasteiger partial charge on any atom is -0.0318 e. The molecule has 0 spiro atoms. The predicted octanol–water partition coefficient (Wildman–Crippen LogP) is 4.99. The minimum absolute atomic E-state index is 1.01. The molecule has 0 nitrogen and oxygen atoms in total. The summed E-state index contributed by atoms with van der Waals surface area (Å²) in [6, 6.07) is 0. The van der Waals surface area contributed by atoms with Gasteiger partial charge in [0, 0.05) is 0 Å². The fourth-order valence-corrected chi connectivity index (χ4v) is 4.62. The molecule has 0 N–H and O–H groups in total. The molecule has 0 aromatic carbocycles. The third kappa shape index (κ3) is 2.31. The van der Waals surface area contributed by atoms with Crippen molar-refractivity contribution in [3.8, 4) is 0 Å². The molecule has 0 heterocycles. The summed E-state index contributed by atoms with van der Waals surface area (Å²) < 4.78 is 0. The molecule has 0 saturated heterocycles. The Labute approximate surface area is 101 Å². The van der Waals surface area contributed by atoms with Crippen LogP contribution in [0.3, 0.4) is 0 Å². The molecule has 0 heteroatoms. The maximum atomic E-state index is 2.82. The second-order valence-electron chi connectivity index (χ2n) is 6.55. The van der Waals surface area contributed by atoms with E-state index in [1.807, 2.05) is 0 Å². The van der Waals surface area contributed by atoms with Crippen LogP contribution in [0.25, 0.3) is 0 Å².